The summed E-state index contributed by atoms with van der Waals surface area (Å²) >= 11 is 0. The highest BCUT2D eigenvalue weighted by Crippen LogP contribution is 2.34. The molecule has 7 nitrogen and oxygen atoms in total. The van der Waals surface area contributed by atoms with E-state index < -0.39 is 5.60 Å². The van der Waals surface area contributed by atoms with Crippen molar-refractivity contribution < 1.29 is 19.0 Å². The predicted octanol–water partition coefficient (Wildman–Crippen LogP) is 5.82. The normalized spacial score (nSPS) is 19.1. The summed E-state index contributed by atoms with van der Waals surface area (Å²) in [6.45, 7) is 13.8. The van der Waals surface area contributed by atoms with E-state index >= 15 is 0 Å². The van der Waals surface area contributed by atoms with Crippen LogP contribution in [0.25, 0.3) is 11.3 Å². The van der Waals surface area contributed by atoms with Crippen LogP contribution >= 0.6 is 0 Å². The van der Waals surface area contributed by atoms with E-state index in [1.54, 1.807) is 7.11 Å². The lowest BCUT2D eigenvalue weighted by Crippen LogP contribution is -2.49. The predicted molar refractivity (Wildman–Crippen MR) is 167 cm³/mol. The maximum absolute atomic E-state index is 12.9. The van der Waals surface area contributed by atoms with E-state index in [1.807, 2.05) is 39.0 Å². The third-order valence-corrected chi connectivity index (χ3v) is 8.35. The van der Waals surface area contributed by atoms with Crippen LogP contribution in [0.2, 0.25) is 0 Å². The van der Waals surface area contributed by atoms with Crippen molar-refractivity contribution in [2.45, 2.75) is 72.2 Å². The topological polar surface area (TPSA) is 72.9 Å². The van der Waals surface area contributed by atoms with Crippen molar-refractivity contribution in [1.29, 1.82) is 0 Å². The molecule has 5 rings (SSSR count). The highest BCUT2D eigenvalue weighted by Gasteiger charge is 2.37. The van der Waals surface area contributed by atoms with Gasteiger partial charge in [0.1, 0.15) is 23.8 Å². The van der Waals surface area contributed by atoms with Gasteiger partial charge in [-0.15, -0.1) is 0 Å². The van der Waals surface area contributed by atoms with Crippen LogP contribution in [0.15, 0.2) is 48.5 Å². The molecular formula is C35H45N3O4. The Kier molecular flexibility index (Phi) is 9.19. The van der Waals surface area contributed by atoms with Crippen LogP contribution in [0.3, 0.4) is 0 Å². The van der Waals surface area contributed by atoms with Crippen molar-refractivity contribution in [2.75, 3.05) is 38.2 Å². The van der Waals surface area contributed by atoms with E-state index in [2.05, 4.69) is 54.4 Å². The van der Waals surface area contributed by atoms with Gasteiger partial charge in [-0.25, -0.2) is 4.98 Å². The average Bonchev–Trinajstić information content (AvgIpc) is 3.22. The van der Waals surface area contributed by atoms with Gasteiger partial charge in [0.2, 0.25) is 0 Å². The fourth-order valence-electron chi connectivity index (χ4n) is 6.05. The van der Waals surface area contributed by atoms with Gasteiger partial charge in [-0.05, 0) is 113 Å². The summed E-state index contributed by atoms with van der Waals surface area (Å²) in [5, 5.41) is 3.51. The van der Waals surface area contributed by atoms with Gasteiger partial charge in [-0.3, -0.25) is 4.79 Å². The largest absolute Gasteiger partial charge is 0.488 e. The summed E-state index contributed by atoms with van der Waals surface area (Å²) in [4.78, 5) is 20.1. The second-order valence-electron chi connectivity index (χ2n) is 12.6. The number of pyridine rings is 1. The molecule has 2 aliphatic rings. The molecule has 0 bridgehead atoms. The van der Waals surface area contributed by atoms with Gasteiger partial charge in [-0.2, -0.15) is 0 Å². The number of nitrogens with zero attached hydrogens (tertiary/aromatic N) is 2. The number of esters is 1. The van der Waals surface area contributed by atoms with Crippen LogP contribution in [0.5, 0.6) is 5.75 Å². The third-order valence-electron chi connectivity index (χ3n) is 8.35. The number of benzene rings is 2. The maximum Gasteiger partial charge on any atom is 0.312 e. The number of rotatable bonds is 7. The number of aryl methyl sites for hydroxylation is 1. The minimum absolute atomic E-state index is 0.196. The van der Waals surface area contributed by atoms with Crippen molar-refractivity contribution in [3.8, 4) is 17.0 Å². The van der Waals surface area contributed by atoms with E-state index in [-0.39, 0.29) is 18.0 Å². The lowest BCUT2D eigenvalue weighted by molar-refractivity contribution is -0.165. The molecule has 0 amide bonds. The van der Waals surface area contributed by atoms with E-state index in [9.17, 15) is 4.79 Å². The SMILES string of the molecule is CO[C@@H]1CN(c2cccc(-c3cc(C)ccc3OCc3ccc4c(c3C)CCNCC4)n2)CC[C@@H]1C(=O)OC(C)(C)C. The zero-order valence-corrected chi connectivity index (χ0v) is 26.0. The van der Waals surface area contributed by atoms with Crippen LogP contribution < -0.4 is 15.0 Å². The lowest BCUT2D eigenvalue weighted by Gasteiger charge is -2.38. The van der Waals surface area contributed by atoms with Gasteiger partial charge in [0.25, 0.3) is 0 Å². The maximum atomic E-state index is 12.9. The number of nitrogens with one attached hydrogen (secondary N) is 1. The molecule has 0 radical (unpaired) electrons. The average molecular weight is 572 g/mol. The molecule has 2 atom stereocenters. The van der Waals surface area contributed by atoms with Crippen LogP contribution in [0.4, 0.5) is 5.82 Å². The van der Waals surface area contributed by atoms with Crippen molar-refractivity contribution in [1.82, 2.24) is 10.3 Å². The molecule has 1 fully saturated rings. The molecule has 1 N–H and O–H groups in total. The lowest BCUT2D eigenvalue weighted by atomic mass is 9.93. The number of ether oxygens (including phenoxy) is 3. The molecule has 7 heteroatoms. The van der Waals surface area contributed by atoms with Crippen molar-refractivity contribution >= 4 is 11.8 Å². The summed E-state index contributed by atoms with van der Waals surface area (Å²) < 4.78 is 17.9. The van der Waals surface area contributed by atoms with Gasteiger partial charge in [-0.1, -0.05) is 29.8 Å². The number of anilines is 1. The number of piperidine rings is 1. The number of aromatic nitrogens is 1. The third kappa shape index (κ3) is 6.96. The van der Waals surface area contributed by atoms with E-state index in [1.165, 1.54) is 22.3 Å². The fourth-order valence-corrected chi connectivity index (χ4v) is 6.05. The standard InChI is InChI=1S/C35H45N3O4/c1-23-10-13-31(41-22-26-12-11-25-14-17-36-18-15-27(25)24(26)2)29(20-23)30-8-7-9-33(37-30)38-19-16-28(32(21-38)40-6)34(39)42-35(3,4)5/h7-13,20,28,32,36H,14-19,21-22H2,1-6H3/t28-,32+/m0/s1. The molecule has 42 heavy (non-hydrogen) atoms. The van der Waals surface area contributed by atoms with Gasteiger partial charge in [0.15, 0.2) is 0 Å². The molecule has 0 unspecified atom stereocenters. The highest BCUT2D eigenvalue weighted by atomic mass is 16.6. The molecule has 0 spiro atoms. The van der Waals surface area contributed by atoms with Crippen LogP contribution in [0.1, 0.15) is 55.0 Å². The molecule has 1 aromatic heterocycles. The van der Waals surface area contributed by atoms with E-state index in [4.69, 9.17) is 19.2 Å². The Morgan fingerprint density at radius 2 is 1.88 bits per heavy atom. The van der Waals surface area contributed by atoms with Crippen LogP contribution in [-0.4, -0.2) is 55.9 Å². The second-order valence-corrected chi connectivity index (χ2v) is 12.6. The minimum Gasteiger partial charge on any atom is -0.488 e. The number of carbonyl (C=O) groups is 1. The fraction of sp³-hybridized carbons (Fsp3) is 0.486. The molecule has 224 valence electrons. The first-order valence-electron chi connectivity index (χ1n) is 15.2. The molecule has 0 saturated carbocycles. The van der Waals surface area contributed by atoms with Crippen molar-refractivity contribution in [2.24, 2.45) is 5.92 Å². The Labute approximate surface area is 250 Å². The first-order chi connectivity index (χ1) is 20.1. The number of hydrogen-bond donors (Lipinski definition) is 1. The number of hydrogen-bond acceptors (Lipinski definition) is 7. The van der Waals surface area contributed by atoms with Gasteiger partial charge < -0.3 is 24.4 Å². The Bertz CT molecular complexity index is 1410. The molecule has 0 aliphatic carbocycles. The Balaban J connectivity index is 1.34. The van der Waals surface area contributed by atoms with E-state index in [0.717, 1.165) is 54.3 Å². The summed E-state index contributed by atoms with van der Waals surface area (Å²) in [5.41, 5.74) is 7.93. The first-order valence-corrected chi connectivity index (χ1v) is 15.2. The second kappa shape index (κ2) is 12.8. The van der Waals surface area contributed by atoms with Gasteiger partial charge >= 0.3 is 5.97 Å². The van der Waals surface area contributed by atoms with Gasteiger partial charge in [0, 0.05) is 25.8 Å². The Morgan fingerprint density at radius 1 is 1.07 bits per heavy atom. The summed E-state index contributed by atoms with van der Waals surface area (Å²) in [6, 6.07) is 16.9. The van der Waals surface area contributed by atoms with E-state index in [0.29, 0.717) is 26.1 Å². The number of methoxy groups -OCH3 is 1. The molecule has 3 aromatic rings. The smallest absolute Gasteiger partial charge is 0.312 e. The summed E-state index contributed by atoms with van der Waals surface area (Å²) in [6.07, 6.45) is 2.51. The Morgan fingerprint density at radius 3 is 2.67 bits per heavy atom. The van der Waals surface area contributed by atoms with Crippen LogP contribution in [0, 0.1) is 19.8 Å². The quantitative estimate of drug-likeness (QED) is 0.359. The monoisotopic (exact) mass is 571 g/mol. The summed E-state index contributed by atoms with van der Waals surface area (Å²) in [5.74, 6) is 1.19. The van der Waals surface area contributed by atoms with Crippen molar-refractivity contribution in [3.63, 3.8) is 0 Å². The molecule has 3 heterocycles. The molecule has 1 saturated heterocycles. The molecule has 2 aromatic carbocycles. The Hall–Kier alpha value is -3.42. The summed E-state index contributed by atoms with van der Waals surface area (Å²) in [7, 11) is 1.66. The minimum atomic E-state index is -0.522. The zero-order chi connectivity index (χ0) is 29.9. The first kappa shape index (κ1) is 30.1. The van der Waals surface area contributed by atoms with Crippen molar-refractivity contribution in [3.05, 3.63) is 76.3 Å². The molecule has 2 aliphatic heterocycles. The molecular weight excluding hydrogens is 526 g/mol. The zero-order valence-electron chi connectivity index (χ0n) is 26.0. The van der Waals surface area contributed by atoms with Gasteiger partial charge in [0.05, 0.1) is 17.7 Å². The highest BCUT2D eigenvalue weighted by molar-refractivity contribution is 5.74. The van der Waals surface area contributed by atoms with Crippen LogP contribution in [-0.2, 0) is 33.7 Å². The number of carbonyl (C=O) groups excluding carboxylic acids is 1. The number of fused-ring (bicyclic) bond motifs is 1.